The Morgan fingerprint density at radius 3 is 2.90 bits per heavy atom. The summed E-state index contributed by atoms with van der Waals surface area (Å²) in [5.74, 6) is 0.0499. The highest BCUT2D eigenvalue weighted by Gasteiger charge is 2.30. The third kappa shape index (κ3) is 3.20. The van der Waals surface area contributed by atoms with Gasteiger partial charge in [0.15, 0.2) is 0 Å². The molecule has 0 bridgehead atoms. The molecule has 8 nitrogen and oxygen atoms in total. The first-order chi connectivity index (χ1) is 9.54. The average Bonchev–Trinajstić information content (AvgIpc) is 2.45. The van der Waals surface area contributed by atoms with Gasteiger partial charge in [0.2, 0.25) is 5.82 Å². The van der Waals surface area contributed by atoms with E-state index in [-0.39, 0.29) is 23.6 Å². The molecule has 0 spiro atoms. The van der Waals surface area contributed by atoms with Gasteiger partial charge in [0.25, 0.3) is 0 Å². The van der Waals surface area contributed by atoms with Gasteiger partial charge in [0.05, 0.1) is 16.1 Å². The lowest BCUT2D eigenvalue weighted by Gasteiger charge is -2.32. The van der Waals surface area contributed by atoms with Crippen molar-refractivity contribution in [1.82, 2.24) is 4.98 Å². The van der Waals surface area contributed by atoms with Crippen molar-refractivity contribution in [2.24, 2.45) is 0 Å². The van der Waals surface area contributed by atoms with Gasteiger partial charge in [-0.2, -0.15) is 5.26 Å². The van der Waals surface area contributed by atoms with Crippen molar-refractivity contribution in [1.29, 1.82) is 5.26 Å². The molecule has 1 aromatic rings. The molecule has 2 rings (SSSR count). The van der Waals surface area contributed by atoms with Gasteiger partial charge >= 0.3 is 5.69 Å². The molecule has 0 aliphatic carbocycles. The van der Waals surface area contributed by atoms with E-state index in [1.807, 2.05) is 0 Å². The summed E-state index contributed by atoms with van der Waals surface area (Å²) in [4.78, 5) is 14.2. The quantitative estimate of drug-likeness (QED) is 0.617. The normalized spacial score (nSPS) is 17.2. The van der Waals surface area contributed by atoms with E-state index in [1.54, 1.807) is 6.07 Å². The number of aliphatic hydroxyl groups is 1. The van der Waals surface area contributed by atoms with Gasteiger partial charge < -0.3 is 15.2 Å². The van der Waals surface area contributed by atoms with Gasteiger partial charge in [-0.05, 0) is 0 Å². The molecule has 0 atom stereocenters. The summed E-state index contributed by atoms with van der Waals surface area (Å²) in [5, 5.41) is 32.7. The Labute approximate surface area is 115 Å². The molecule has 8 heteroatoms. The number of aromatic nitrogens is 1. The number of nitrogens with one attached hydrogen (secondary N) is 1. The Balaban J connectivity index is 2.13. The number of hydrogen-bond donors (Lipinski definition) is 2. The van der Waals surface area contributed by atoms with E-state index in [0.29, 0.717) is 26.1 Å². The number of nitro groups is 1. The molecule has 0 saturated carbocycles. The molecule has 2 N–H and O–H groups in total. The van der Waals surface area contributed by atoms with Crippen LogP contribution >= 0.6 is 0 Å². The molecule has 0 aromatic carbocycles. The molecule has 0 amide bonds. The molecule has 106 valence electrons. The Hall–Kier alpha value is -2.24. The standard InChI is InChI=1S/C12H14N4O4/c13-6-9-5-10(16(18)19)11(14-7-9)15-8-12(17)1-3-20-4-2-12/h5,7,17H,1-4,8H2,(H,14,15). The van der Waals surface area contributed by atoms with Crippen LogP contribution in [0.5, 0.6) is 0 Å². The highest BCUT2D eigenvalue weighted by Crippen LogP contribution is 2.25. The van der Waals surface area contributed by atoms with Crippen LogP contribution in [0.25, 0.3) is 0 Å². The fraction of sp³-hybridized carbons (Fsp3) is 0.500. The minimum absolute atomic E-state index is 0.0499. The predicted octanol–water partition coefficient (Wildman–Crippen LogP) is 0.815. The number of pyridine rings is 1. The smallest absolute Gasteiger partial charge is 0.312 e. The van der Waals surface area contributed by atoms with Gasteiger partial charge in [-0.15, -0.1) is 0 Å². The zero-order chi connectivity index (χ0) is 14.6. The zero-order valence-corrected chi connectivity index (χ0v) is 10.7. The Morgan fingerprint density at radius 1 is 1.60 bits per heavy atom. The summed E-state index contributed by atoms with van der Waals surface area (Å²) < 4.78 is 5.16. The first-order valence-corrected chi connectivity index (χ1v) is 6.13. The summed E-state index contributed by atoms with van der Waals surface area (Å²) in [6.07, 6.45) is 2.18. The molecule has 1 aliphatic rings. The number of ether oxygens (including phenoxy) is 1. The van der Waals surface area contributed by atoms with E-state index in [0.717, 1.165) is 6.07 Å². The van der Waals surface area contributed by atoms with Gasteiger partial charge in [-0.25, -0.2) is 4.98 Å². The summed E-state index contributed by atoms with van der Waals surface area (Å²) in [6.45, 7) is 1.07. The van der Waals surface area contributed by atoms with Crippen LogP contribution < -0.4 is 5.32 Å². The highest BCUT2D eigenvalue weighted by molar-refractivity contribution is 5.58. The molecular weight excluding hydrogens is 264 g/mol. The number of nitrogens with zero attached hydrogens (tertiary/aromatic N) is 3. The second-order valence-electron chi connectivity index (χ2n) is 4.65. The summed E-state index contributed by atoms with van der Waals surface area (Å²) in [5.41, 5.74) is -1.12. The van der Waals surface area contributed by atoms with Crippen molar-refractivity contribution in [2.75, 3.05) is 25.1 Å². The van der Waals surface area contributed by atoms with E-state index in [2.05, 4.69) is 10.3 Å². The van der Waals surface area contributed by atoms with Gasteiger partial charge in [-0.1, -0.05) is 0 Å². The van der Waals surface area contributed by atoms with E-state index >= 15 is 0 Å². The SMILES string of the molecule is N#Cc1cnc(NCC2(O)CCOCC2)c([N+](=O)[O-])c1. The summed E-state index contributed by atoms with van der Waals surface area (Å²) in [7, 11) is 0. The topological polar surface area (TPSA) is 121 Å². The van der Waals surface area contributed by atoms with Crippen molar-refractivity contribution in [3.63, 3.8) is 0 Å². The van der Waals surface area contributed by atoms with Gasteiger partial charge in [-0.3, -0.25) is 10.1 Å². The first-order valence-electron chi connectivity index (χ1n) is 6.13. The molecule has 1 saturated heterocycles. The van der Waals surface area contributed by atoms with Crippen molar-refractivity contribution < 1.29 is 14.8 Å². The molecule has 0 unspecified atom stereocenters. The van der Waals surface area contributed by atoms with Crippen LogP contribution in [0.1, 0.15) is 18.4 Å². The largest absolute Gasteiger partial charge is 0.388 e. The minimum atomic E-state index is -0.957. The zero-order valence-electron chi connectivity index (χ0n) is 10.7. The third-order valence-corrected chi connectivity index (χ3v) is 3.20. The van der Waals surface area contributed by atoms with Crippen LogP contribution in [-0.2, 0) is 4.74 Å². The number of anilines is 1. The Bertz CT molecular complexity index is 549. The van der Waals surface area contributed by atoms with Crippen molar-refractivity contribution >= 4 is 11.5 Å². The maximum atomic E-state index is 11.0. The first kappa shape index (κ1) is 14.2. The fourth-order valence-corrected chi connectivity index (χ4v) is 1.97. The van der Waals surface area contributed by atoms with E-state index < -0.39 is 10.5 Å². The van der Waals surface area contributed by atoms with Crippen LogP contribution in [0.3, 0.4) is 0 Å². The van der Waals surface area contributed by atoms with Crippen LogP contribution in [0, 0.1) is 21.4 Å². The van der Waals surface area contributed by atoms with E-state index in [1.165, 1.54) is 6.20 Å². The van der Waals surface area contributed by atoms with Crippen LogP contribution in [0.4, 0.5) is 11.5 Å². The van der Waals surface area contributed by atoms with Crippen LogP contribution in [-0.4, -0.2) is 40.4 Å². The monoisotopic (exact) mass is 278 g/mol. The minimum Gasteiger partial charge on any atom is -0.388 e. The number of rotatable bonds is 4. The van der Waals surface area contributed by atoms with Crippen LogP contribution in [0.15, 0.2) is 12.3 Å². The van der Waals surface area contributed by atoms with Crippen LogP contribution in [0.2, 0.25) is 0 Å². The molecule has 0 radical (unpaired) electrons. The fourth-order valence-electron chi connectivity index (χ4n) is 1.97. The molecule has 20 heavy (non-hydrogen) atoms. The lowest BCUT2D eigenvalue weighted by Crippen LogP contribution is -2.42. The Kier molecular flexibility index (Phi) is 4.12. The molecule has 1 aliphatic heterocycles. The number of nitriles is 1. The molecule has 1 aromatic heterocycles. The Morgan fingerprint density at radius 2 is 2.30 bits per heavy atom. The lowest BCUT2D eigenvalue weighted by molar-refractivity contribution is -0.384. The maximum absolute atomic E-state index is 11.0. The van der Waals surface area contributed by atoms with Gasteiger partial charge in [0, 0.05) is 44.9 Å². The van der Waals surface area contributed by atoms with Crippen molar-refractivity contribution in [3.8, 4) is 6.07 Å². The lowest BCUT2D eigenvalue weighted by atomic mass is 9.94. The summed E-state index contributed by atoms with van der Waals surface area (Å²) in [6, 6.07) is 2.96. The third-order valence-electron chi connectivity index (χ3n) is 3.20. The van der Waals surface area contributed by atoms with E-state index in [9.17, 15) is 15.2 Å². The highest BCUT2D eigenvalue weighted by atomic mass is 16.6. The second-order valence-corrected chi connectivity index (χ2v) is 4.65. The molecule has 2 heterocycles. The summed E-state index contributed by atoms with van der Waals surface area (Å²) >= 11 is 0. The molecule has 1 fully saturated rings. The van der Waals surface area contributed by atoms with E-state index in [4.69, 9.17) is 10.00 Å². The second kappa shape index (κ2) is 5.81. The average molecular weight is 278 g/mol. The number of hydrogen-bond acceptors (Lipinski definition) is 7. The van der Waals surface area contributed by atoms with Crippen molar-refractivity contribution in [2.45, 2.75) is 18.4 Å². The predicted molar refractivity (Wildman–Crippen MR) is 69.1 cm³/mol. The van der Waals surface area contributed by atoms with Gasteiger partial charge in [0.1, 0.15) is 6.07 Å². The molecular formula is C12H14N4O4. The maximum Gasteiger partial charge on any atom is 0.312 e. The van der Waals surface area contributed by atoms with Crippen molar-refractivity contribution in [3.05, 3.63) is 27.9 Å².